The van der Waals surface area contributed by atoms with Crippen LogP contribution < -0.4 is 0 Å². The van der Waals surface area contributed by atoms with Gasteiger partial charge in [-0.25, -0.2) is 4.79 Å². The summed E-state index contributed by atoms with van der Waals surface area (Å²) in [7, 11) is 0. The largest absolute Gasteiger partial charge is 0.480 e. The molecule has 0 aromatic heterocycles. The molecule has 0 aliphatic carbocycles. The van der Waals surface area contributed by atoms with Crippen LogP contribution in [-0.2, 0) is 16.1 Å². The van der Waals surface area contributed by atoms with Gasteiger partial charge in [0.2, 0.25) is 5.91 Å². The van der Waals surface area contributed by atoms with Crippen LogP contribution in [0.1, 0.15) is 45.6 Å². The second kappa shape index (κ2) is 8.79. The van der Waals surface area contributed by atoms with Gasteiger partial charge in [-0.05, 0) is 30.0 Å². The van der Waals surface area contributed by atoms with Crippen molar-refractivity contribution in [2.24, 2.45) is 5.92 Å². The number of unbranched alkanes of at least 4 members (excludes halogenated alkanes) is 1. The molecule has 1 rings (SSSR count). The van der Waals surface area contributed by atoms with Gasteiger partial charge < -0.3 is 10.0 Å². The summed E-state index contributed by atoms with van der Waals surface area (Å²) in [5.74, 6) is -1.23. The first kappa shape index (κ1) is 18.5. The molecule has 0 fully saturated rings. The Hall–Kier alpha value is -1.55. The molecule has 0 saturated carbocycles. The van der Waals surface area contributed by atoms with Gasteiger partial charge in [-0.1, -0.05) is 50.9 Å². The molecule has 122 valence electrons. The molecule has 1 aromatic carbocycles. The van der Waals surface area contributed by atoms with Crippen molar-refractivity contribution in [2.45, 2.75) is 52.6 Å². The summed E-state index contributed by atoms with van der Waals surface area (Å²) in [6, 6.07) is 6.32. The summed E-state index contributed by atoms with van der Waals surface area (Å²) in [6.45, 7) is 5.93. The Morgan fingerprint density at radius 3 is 2.27 bits per heavy atom. The van der Waals surface area contributed by atoms with E-state index in [2.05, 4.69) is 0 Å². The van der Waals surface area contributed by atoms with Crippen LogP contribution in [0.5, 0.6) is 0 Å². The molecule has 1 atom stereocenters. The topological polar surface area (TPSA) is 57.6 Å². The van der Waals surface area contributed by atoms with Crippen LogP contribution in [-0.4, -0.2) is 27.9 Å². The van der Waals surface area contributed by atoms with Crippen LogP contribution in [0.3, 0.4) is 0 Å². The number of hydrogen-bond donors (Lipinski definition) is 1. The number of rotatable bonds is 8. The van der Waals surface area contributed by atoms with Gasteiger partial charge in [0.1, 0.15) is 6.04 Å². The number of halogens is 1. The van der Waals surface area contributed by atoms with Gasteiger partial charge in [0, 0.05) is 18.0 Å². The summed E-state index contributed by atoms with van der Waals surface area (Å²) in [5, 5.41) is 10.1. The van der Waals surface area contributed by atoms with Crippen molar-refractivity contribution in [3.63, 3.8) is 0 Å². The number of nitrogens with zero attached hydrogens (tertiary/aromatic N) is 1. The molecular formula is C17H24ClNO3. The van der Waals surface area contributed by atoms with Crippen molar-refractivity contribution in [1.29, 1.82) is 0 Å². The fourth-order valence-electron chi connectivity index (χ4n) is 2.38. The third-order valence-electron chi connectivity index (χ3n) is 3.55. The van der Waals surface area contributed by atoms with Crippen LogP contribution in [0.2, 0.25) is 5.02 Å². The van der Waals surface area contributed by atoms with Crippen molar-refractivity contribution in [1.82, 2.24) is 4.90 Å². The minimum atomic E-state index is -0.964. The van der Waals surface area contributed by atoms with E-state index in [0.29, 0.717) is 11.4 Å². The summed E-state index contributed by atoms with van der Waals surface area (Å²) >= 11 is 5.87. The van der Waals surface area contributed by atoms with E-state index >= 15 is 0 Å². The minimum Gasteiger partial charge on any atom is -0.480 e. The number of carboxylic acids is 1. The zero-order chi connectivity index (χ0) is 16.7. The van der Waals surface area contributed by atoms with E-state index in [-0.39, 0.29) is 18.4 Å². The van der Waals surface area contributed by atoms with Crippen LogP contribution in [0, 0.1) is 5.92 Å². The summed E-state index contributed by atoms with van der Waals surface area (Å²) in [5.41, 5.74) is 0.876. The molecule has 0 aliphatic heterocycles. The van der Waals surface area contributed by atoms with Crippen LogP contribution >= 0.6 is 11.6 Å². The van der Waals surface area contributed by atoms with E-state index in [4.69, 9.17) is 11.6 Å². The van der Waals surface area contributed by atoms with E-state index in [0.717, 1.165) is 18.4 Å². The molecule has 1 N–H and O–H groups in total. The SMILES string of the molecule is CCCCC(=O)N(Cc1ccc(Cl)cc1)[C@H](C(=O)O)C(C)C. The van der Waals surface area contributed by atoms with Gasteiger partial charge in [-0.15, -0.1) is 0 Å². The molecule has 1 amide bonds. The van der Waals surface area contributed by atoms with Crippen LogP contribution in [0.4, 0.5) is 0 Å². The molecule has 22 heavy (non-hydrogen) atoms. The van der Waals surface area contributed by atoms with Crippen LogP contribution in [0.15, 0.2) is 24.3 Å². The van der Waals surface area contributed by atoms with E-state index in [1.807, 2.05) is 32.9 Å². The van der Waals surface area contributed by atoms with Gasteiger partial charge >= 0.3 is 5.97 Å². The maximum absolute atomic E-state index is 12.5. The molecular weight excluding hydrogens is 302 g/mol. The maximum Gasteiger partial charge on any atom is 0.326 e. The monoisotopic (exact) mass is 325 g/mol. The van der Waals surface area contributed by atoms with Gasteiger partial charge in [0.25, 0.3) is 0 Å². The fourth-order valence-corrected chi connectivity index (χ4v) is 2.50. The Bertz CT molecular complexity index is 499. The molecule has 0 bridgehead atoms. The van der Waals surface area contributed by atoms with Gasteiger partial charge in [0.05, 0.1) is 0 Å². The van der Waals surface area contributed by atoms with Crippen molar-refractivity contribution in [2.75, 3.05) is 0 Å². The number of amides is 1. The normalized spacial score (nSPS) is 12.2. The van der Waals surface area contributed by atoms with Crippen molar-refractivity contribution < 1.29 is 14.7 Å². The number of benzene rings is 1. The lowest BCUT2D eigenvalue weighted by Crippen LogP contribution is -2.47. The molecule has 0 radical (unpaired) electrons. The standard InChI is InChI=1S/C17H24ClNO3/c1-4-5-6-15(20)19(16(12(2)3)17(21)22)11-13-7-9-14(18)10-8-13/h7-10,12,16H,4-6,11H2,1-3H3,(H,21,22)/t16-/m0/s1. The predicted octanol–water partition coefficient (Wildman–Crippen LogP) is 3.97. The summed E-state index contributed by atoms with van der Waals surface area (Å²) in [6.07, 6.45) is 2.04. The Morgan fingerprint density at radius 2 is 1.82 bits per heavy atom. The Balaban J connectivity index is 3.01. The highest BCUT2D eigenvalue weighted by Gasteiger charge is 2.31. The Labute approximate surface area is 137 Å². The number of carboxylic acid groups (broad SMARTS) is 1. The second-order valence-electron chi connectivity index (χ2n) is 5.78. The lowest BCUT2D eigenvalue weighted by atomic mass is 10.0. The lowest BCUT2D eigenvalue weighted by Gasteiger charge is -2.31. The Kier molecular flexibility index (Phi) is 7.39. The van der Waals surface area contributed by atoms with E-state index in [9.17, 15) is 14.7 Å². The Morgan fingerprint density at radius 1 is 1.23 bits per heavy atom. The lowest BCUT2D eigenvalue weighted by molar-refractivity contribution is -0.153. The maximum atomic E-state index is 12.5. The highest BCUT2D eigenvalue weighted by atomic mass is 35.5. The highest BCUT2D eigenvalue weighted by Crippen LogP contribution is 2.19. The average molecular weight is 326 g/mol. The number of aliphatic carboxylic acids is 1. The van der Waals surface area contributed by atoms with Gasteiger partial charge in [-0.2, -0.15) is 0 Å². The van der Waals surface area contributed by atoms with Crippen molar-refractivity contribution in [3.05, 3.63) is 34.9 Å². The molecule has 1 aromatic rings. The zero-order valence-electron chi connectivity index (χ0n) is 13.4. The van der Waals surface area contributed by atoms with Gasteiger partial charge in [-0.3, -0.25) is 4.79 Å². The average Bonchev–Trinajstić information content (AvgIpc) is 2.45. The minimum absolute atomic E-state index is 0.113. The number of carbonyl (C=O) groups excluding carboxylic acids is 1. The highest BCUT2D eigenvalue weighted by molar-refractivity contribution is 6.30. The molecule has 4 nitrogen and oxygen atoms in total. The van der Waals surface area contributed by atoms with Gasteiger partial charge in [0.15, 0.2) is 0 Å². The van der Waals surface area contributed by atoms with Crippen molar-refractivity contribution >= 4 is 23.5 Å². The summed E-state index contributed by atoms with van der Waals surface area (Å²) < 4.78 is 0. The van der Waals surface area contributed by atoms with Crippen LogP contribution in [0.25, 0.3) is 0 Å². The molecule has 5 heteroatoms. The first-order chi connectivity index (χ1) is 10.4. The third-order valence-corrected chi connectivity index (χ3v) is 3.80. The molecule has 0 heterocycles. The van der Waals surface area contributed by atoms with E-state index < -0.39 is 12.0 Å². The van der Waals surface area contributed by atoms with E-state index in [1.54, 1.807) is 12.1 Å². The first-order valence-corrected chi connectivity index (χ1v) is 8.01. The molecule has 0 spiro atoms. The van der Waals surface area contributed by atoms with E-state index in [1.165, 1.54) is 4.90 Å². The summed E-state index contributed by atoms with van der Waals surface area (Å²) in [4.78, 5) is 25.5. The molecule has 0 aliphatic rings. The first-order valence-electron chi connectivity index (χ1n) is 7.63. The number of hydrogen-bond acceptors (Lipinski definition) is 2. The molecule has 0 saturated heterocycles. The zero-order valence-corrected chi connectivity index (χ0v) is 14.1. The number of carbonyl (C=O) groups is 2. The third kappa shape index (κ3) is 5.34. The quantitative estimate of drug-likeness (QED) is 0.786. The molecule has 0 unspecified atom stereocenters. The fraction of sp³-hybridized carbons (Fsp3) is 0.529. The second-order valence-corrected chi connectivity index (χ2v) is 6.22. The smallest absolute Gasteiger partial charge is 0.326 e. The predicted molar refractivity (Wildman–Crippen MR) is 87.8 cm³/mol. The van der Waals surface area contributed by atoms with Crippen molar-refractivity contribution in [3.8, 4) is 0 Å².